The first kappa shape index (κ1) is 24.5. The number of hydrogen-bond acceptors (Lipinski definition) is 7. The summed E-state index contributed by atoms with van der Waals surface area (Å²) in [5.74, 6) is -0.693. The Kier molecular flexibility index (Phi) is 7.00. The topological polar surface area (TPSA) is 123 Å². The van der Waals surface area contributed by atoms with Gasteiger partial charge in [0.1, 0.15) is 11.4 Å². The highest BCUT2D eigenvalue weighted by molar-refractivity contribution is 6.02. The number of rotatable bonds is 8. The molecule has 4 rings (SSSR count). The van der Waals surface area contributed by atoms with E-state index in [1.165, 1.54) is 21.8 Å². The molecular weight excluding hydrogens is 460 g/mol. The third-order valence-electron chi connectivity index (χ3n) is 5.69. The molecule has 1 amide bonds. The average Bonchev–Trinajstić information content (AvgIpc) is 3.48. The number of carbonyl (C=O) groups excluding carboxylic acids is 1. The molecule has 9 nitrogen and oxygen atoms in total. The number of nitrogens with zero attached hydrogens (tertiary/aromatic N) is 3. The molecule has 186 valence electrons. The molecule has 0 aliphatic heterocycles. The number of benzene rings is 2. The Morgan fingerprint density at radius 1 is 1.00 bits per heavy atom. The van der Waals surface area contributed by atoms with Gasteiger partial charge in [-0.3, -0.25) is 9.36 Å². The molecule has 9 heteroatoms. The highest BCUT2D eigenvalue weighted by atomic mass is 16.3. The quantitative estimate of drug-likeness (QED) is 0.199. The Morgan fingerprint density at radius 2 is 1.75 bits per heavy atom. The summed E-state index contributed by atoms with van der Waals surface area (Å²) in [7, 11) is 3.17. The third-order valence-corrected chi connectivity index (χ3v) is 5.69. The van der Waals surface area contributed by atoms with Gasteiger partial charge in [0.15, 0.2) is 11.4 Å². The van der Waals surface area contributed by atoms with Gasteiger partial charge in [0.05, 0.1) is 29.8 Å². The summed E-state index contributed by atoms with van der Waals surface area (Å²) in [4.78, 5) is 18.5. The van der Waals surface area contributed by atoms with Crippen LogP contribution in [0.25, 0.3) is 0 Å². The molecule has 2 aromatic heterocycles. The zero-order chi connectivity index (χ0) is 25.8. The molecule has 36 heavy (non-hydrogen) atoms. The van der Waals surface area contributed by atoms with Crippen molar-refractivity contribution in [3.8, 4) is 17.5 Å². The summed E-state index contributed by atoms with van der Waals surface area (Å²) in [6.07, 6.45) is 2.03. The maximum atomic E-state index is 12.5. The number of aliphatic imine (C=N–C) groups is 1. The molecule has 0 radical (unpaired) electrons. The monoisotopic (exact) mass is 488 g/mol. The van der Waals surface area contributed by atoms with Crippen molar-refractivity contribution in [2.24, 2.45) is 4.99 Å². The molecule has 2 aromatic carbocycles. The number of hydrogen-bond donors (Lipinski definition) is 4. The largest absolute Gasteiger partial charge is 0.505 e. The molecule has 0 fully saturated rings. The molecular formula is C27H28N4O5. The summed E-state index contributed by atoms with van der Waals surface area (Å²) >= 11 is 0. The first-order valence-corrected chi connectivity index (χ1v) is 11.4. The predicted octanol–water partition coefficient (Wildman–Crippen LogP) is 5.22. The normalized spacial score (nSPS) is 11.5. The van der Waals surface area contributed by atoms with Crippen molar-refractivity contribution in [3.63, 3.8) is 0 Å². The molecule has 0 aliphatic rings. The van der Waals surface area contributed by atoms with E-state index >= 15 is 0 Å². The second-order valence-corrected chi connectivity index (χ2v) is 8.36. The second kappa shape index (κ2) is 10.3. The summed E-state index contributed by atoms with van der Waals surface area (Å²) in [6.45, 7) is 2.07. The Hall–Kier alpha value is -4.66. The molecule has 4 N–H and O–H groups in total. The third kappa shape index (κ3) is 4.76. The number of phenols is 1. The standard InChI is InChI=1S/C27H28N4O5/c1-4-19(21-14-9-15-36-21)28-22-23(27(35)31(26(22)34)16-17-10-6-5-7-11-17)29-20-13-8-12-18(24(20)32)25(33)30(2)3/h5-15,29,32,34-35H,4,16H2,1-3H3. The molecule has 0 bridgehead atoms. The van der Waals surface area contributed by atoms with Gasteiger partial charge in [-0.05, 0) is 36.2 Å². The van der Waals surface area contributed by atoms with Gasteiger partial charge in [-0.25, -0.2) is 4.99 Å². The number of phenolic OH excluding ortho intramolecular Hbond substituents is 1. The van der Waals surface area contributed by atoms with Gasteiger partial charge >= 0.3 is 0 Å². The van der Waals surface area contributed by atoms with E-state index < -0.39 is 0 Å². The van der Waals surface area contributed by atoms with Crippen molar-refractivity contribution >= 4 is 28.7 Å². The lowest BCUT2D eigenvalue weighted by atomic mass is 10.1. The van der Waals surface area contributed by atoms with E-state index in [0.717, 1.165) is 5.56 Å². The number of aromatic hydroxyl groups is 3. The van der Waals surface area contributed by atoms with E-state index in [0.29, 0.717) is 17.9 Å². The summed E-state index contributed by atoms with van der Waals surface area (Å²) < 4.78 is 6.81. The van der Waals surface area contributed by atoms with Crippen LogP contribution >= 0.6 is 0 Å². The zero-order valence-corrected chi connectivity index (χ0v) is 20.3. The average molecular weight is 489 g/mol. The fourth-order valence-corrected chi connectivity index (χ4v) is 3.80. The van der Waals surface area contributed by atoms with E-state index in [4.69, 9.17) is 4.42 Å². The highest BCUT2D eigenvalue weighted by Gasteiger charge is 2.25. The lowest BCUT2D eigenvalue weighted by molar-refractivity contribution is 0.0824. The van der Waals surface area contributed by atoms with Crippen molar-refractivity contribution in [1.29, 1.82) is 0 Å². The van der Waals surface area contributed by atoms with Gasteiger partial charge in [-0.2, -0.15) is 0 Å². The molecule has 0 saturated heterocycles. The van der Waals surface area contributed by atoms with Crippen LogP contribution in [-0.4, -0.2) is 50.5 Å². The number of anilines is 2. The van der Waals surface area contributed by atoms with Crippen LogP contribution in [0.3, 0.4) is 0 Å². The van der Waals surface area contributed by atoms with Crippen LogP contribution in [-0.2, 0) is 6.54 Å². The van der Waals surface area contributed by atoms with Gasteiger partial charge in [0, 0.05) is 14.1 Å². The van der Waals surface area contributed by atoms with Crippen LogP contribution in [0.2, 0.25) is 0 Å². The molecule has 0 spiro atoms. The van der Waals surface area contributed by atoms with Crippen LogP contribution in [0.15, 0.2) is 76.3 Å². The van der Waals surface area contributed by atoms with E-state index in [2.05, 4.69) is 10.3 Å². The molecule has 4 aromatic rings. The summed E-state index contributed by atoms with van der Waals surface area (Å²) in [5, 5.41) is 36.1. The fourth-order valence-electron chi connectivity index (χ4n) is 3.80. The Morgan fingerprint density at radius 3 is 2.39 bits per heavy atom. The first-order chi connectivity index (χ1) is 17.3. The number of para-hydroxylation sites is 1. The van der Waals surface area contributed by atoms with Crippen molar-refractivity contribution in [2.75, 3.05) is 19.4 Å². The van der Waals surface area contributed by atoms with Crippen LogP contribution in [0.4, 0.5) is 17.1 Å². The van der Waals surface area contributed by atoms with E-state index in [9.17, 15) is 20.1 Å². The Bertz CT molecular complexity index is 1390. The number of carbonyl (C=O) groups is 1. The van der Waals surface area contributed by atoms with Crippen molar-refractivity contribution in [1.82, 2.24) is 9.47 Å². The lowest BCUT2D eigenvalue weighted by Crippen LogP contribution is -2.21. The highest BCUT2D eigenvalue weighted by Crippen LogP contribution is 2.48. The van der Waals surface area contributed by atoms with E-state index in [-0.39, 0.29) is 52.6 Å². The van der Waals surface area contributed by atoms with E-state index in [1.807, 2.05) is 37.3 Å². The SMILES string of the molecule is CCC(=Nc1c(Nc2cccc(C(=O)N(C)C)c2O)c(O)n(Cc2ccccc2)c1O)c1ccco1. The smallest absolute Gasteiger partial charge is 0.257 e. The van der Waals surface area contributed by atoms with Crippen LogP contribution in [0.5, 0.6) is 17.5 Å². The minimum absolute atomic E-state index is 0.0698. The zero-order valence-electron chi connectivity index (χ0n) is 20.3. The van der Waals surface area contributed by atoms with Gasteiger partial charge in [0.25, 0.3) is 5.91 Å². The van der Waals surface area contributed by atoms with Crippen LogP contribution in [0, 0.1) is 0 Å². The fraction of sp³-hybridized carbons (Fsp3) is 0.185. The minimum Gasteiger partial charge on any atom is -0.505 e. The molecule has 0 atom stereocenters. The number of amides is 1. The summed E-state index contributed by atoms with van der Waals surface area (Å²) in [6, 6.07) is 17.5. The van der Waals surface area contributed by atoms with Crippen molar-refractivity contribution in [3.05, 3.63) is 83.8 Å². The molecule has 2 heterocycles. The van der Waals surface area contributed by atoms with Gasteiger partial charge in [-0.15, -0.1) is 0 Å². The van der Waals surface area contributed by atoms with Crippen LogP contribution in [0.1, 0.15) is 35.0 Å². The number of aromatic nitrogens is 1. The predicted molar refractivity (Wildman–Crippen MR) is 138 cm³/mol. The van der Waals surface area contributed by atoms with E-state index in [1.54, 1.807) is 38.4 Å². The number of furan rings is 1. The lowest BCUT2D eigenvalue weighted by Gasteiger charge is -2.15. The number of nitrogens with one attached hydrogen (secondary N) is 1. The minimum atomic E-state index is -0.380. The molecule has 0 unspecified atom stereocenters. The summed E-state index contributed by atoms with van der Waals surface area (Å²) in [5.41, 5.74) is 1.81. The first-order valence-electron chi connectivity index (χ1n) is 11.4. The van der Waals surface area contributed by atoms with Gasteiger partial charge in [-0.1, -0.05) is 43.3 Å². The maximum Gasteiger partial charge on any atom is 0.257 e. The van der Waals surface area contributed by atoms with Gasteiger partial charge in [0.2, 0.25) is 11.8 Å². The van der Waals surface area contributed by atoms with Crippen molar-refractivity contribution < 1.29 is 24.5 Å². The van der Waals surface area contributed by atoms with Crippen molar-refractivity contribution in [2.45, 2.75) is 19.9 Å². The van der Waals surface area contributed by atoms with Gasteiger partial charge < -0.3 is 30.0 Å². The second-order valence-electron chi connectivity index (χ2n) is 8.36. The Labute approximate surface area is 208 Å². The maximum absolute atomic E-state index is 12.5. The molecule has 0 aliphatic carbocycles. The van der Waals surface area contributed by atoms with Crippen LogP contribution < -0.4 is 5.32 Å². The molecule has 0 saturated carbocycles. The Balaban J connectivity index is 1.85.